The molecule has 1 aromatic rings. The summed E-state index contributed by atoms with van der Waals surface area (Å²) < 4.78 is 5.55. The van der Waals surface area contributed by atoms with E-state index in [4.69, 9.17) is 4.74 Å². The predicted octanol–water partition coefficient (Wildman–Crippen LogP) is 2.34. The van der Waals surface area contributed by atoms with Crippen LogP contribution < -0.4 is 10.6 Å². The molecule has 0 spiro atoms. The fourth-order valence-electron chi connectivity index (χ4n) is 2.75. The number of carbonyl (C=O) groups is 1. The van der Waals surface area contributed by atoms with Crippen molar-refractivity contribution in [3.63, 3.8) is 0 Å². The molecule has 4 heteroatoms. The zero-order valence-corrected chi connectivity index (χ0v) is 12.3. The Hall–Kier alpha value is -1.55. The van der Waals surface area contributed by atoms with Crippen molar-refractivity contribution in [3.05, 3.63) is 29.8 Å². The van der Waals surface area contributed by atoms with Crippen molar-refractivity contribution in [3.8, 4) is 0 Å². The minimum Gasteiger partial charge on any atom is -0.380 e. The highest BCUT2D eigenvalue weighted by molar-refractivity contribution is 5.78. The van der Waals surface area contributed by atoms with Crippen LogP contribution in [-0.2, 0) is 16.0 Å². The van der Waals surface area contributed by atoms with Gasteiger partial charge in [0, 0.05) is 19.8 Å². The van der Waals surface area contributed by atoms with Gasteiger partial charge in [0.25, 0.3) is 0 Å². The smallest absolute Gasteiger partial charge is 0.224 e. The van der Waals surface area contributed by atoms with E-state index in [0.29, 0.717) is 18.6 Å². The molecular weight excluding hydrogens is 252 g/mol. The molecule has 1 aromatic carbocycles. The topological polar surface area (TPSA) is 50.4 Å². The van der Waals surface area contributed by atoms with Crippen molar-refractivity contribution in [1.82, 2.24) is 5.32 Å². The van der Waals surface area contributed by atoms with Gasteiger partial charge in [-0.2, -0.15) is 0 Å². The van der Waals surface area contributed by atoms with E-state index < -0.39 is 0 Å². The second-order valence-electron chi connectivity index (χ2n) is 5.36. The summed E-state index contributed by atoms with van der Waals surface area (Å²) in [4.78, 5) is 11.3. The van der Waals surface area contributed by atoms with Crippen LogP contribution in [-0.4, -0.2) is 32.2 Å². The van der Waals surface area contributed by atoms with Crippen LogP contribution in [0.5, 0.6) is 0 Å². The molecule has 1 aliphatic rings. The highest BCUT2D eigenvalue weighted by Gasteiger charge is 2.24. The van der Waals surface area contributed by atoms with E-state index >= 15 is 0 Å². The molecule has 2 N–H and O–H groups in total. The van der Waals surface area contributed by atoms with Gasteiger partial charge >= 0.3 is 0 Å². The van der Waals surface area contributed by atoms with E-state index in [1.165, 1.54) is 12.8 Å². The van der Waals surface area contributed by atoms with Crippen LogP contribution in [0.2, 0.25) is 0 Å². The maximum atomic E-state index is 11.3. The summed E-state index contributed by atoms with van der Waals surface area (Å²) >= 11 is 0. The Morgan fingerprint density at radius 3 is 2.60 bits per heavy atom. The van der Waals surface area contributed by atoms with Crippen molar-refractivity contribution in [2.75, 3.05) is 19.5 Å². The molecule has 2 atom stereocenters. The van der Waals surface area contributed by atoms with Gasteiger partial charge in [0.1, 0.15) is 0 Å². The summed E-state index contributed by atoms with van der Waals surface area (Å²) in [7, 11) is 3.45. The number of methoxy groups -OCH3 is 1. The van der Waals surface area contributed by atoms with Crippen molar-refractivity contribution in [1.29, 1.82) is 0 Å². The third-order valence-corrected chi connectivity index (χ3v) is 3.95. The van der Waals surface area contributed by atoms with Crippen LogP contribution in [0, 0.1) is 0 Å². The lowest BCUT2D eigenvalue weighted by Crippen LogP contribution is -2.37. The molecule has 20 heavy (non-hydrogen) atoms. The van der Waals surface area contributed by atoms with Crippen molar-refractivity contribution in [2.24, 2.45) is 0 Å². The number of benzene rings is 1. The standard InChI is InChI=1S/C16H24N2O2/c1-17-16(19)11-12-7-9-13(10-8-12)18-14-5-3-4-6-15(14)20-2/h7-10,14-15,18H,3-6,11H2,1-2H3,(H,17,19). The van der Waals surface area contributed by atoms with Crippen molar-refractivity contribution in [2.45, 2.75) is 44.2 Å². The zero-order chi connectivity index (χ0) is 14.4. The third kappa shape index (κ3) is 3.97. The highest BCUT2D eigenvalue weighted by atomic mass is 16.5. The van der Waals surface area contributed by atoms with Gasteiger partial charge in [0.05, 0.1) is 18.6 Å². The number of hydrogen-bond acceptors (Lipinski definition) is 3. The lowest BCUT2D eigenvalue weighted by atomic mass is 9.92. The third-order valence-electron chi connectivity index (χ3n) is 3.95. The molecule has 0 aromatic heterocycles. The number of hydrogen-bond donors (Lipinski definition) is 2. The van der Waals surface area contributed by atoms with E-state index in [2.05, 4.69) is 10.6 Å². The van der Waals surface area contributed by atoms with Crippen LogP contribution >= 0.6 is 0 Å². The fourth-order valence-corrected chi connectivity index (χ4v) is 2.75. The molecule has 1 fully saturated rings. The largest absolute Gasteiger partial charge is 0.380 e. The molecule has 2 rings (SSSR count). The molecule has 2 unspecified atom stereocenters. The predicted molar refractivity (Wildman–Crippen MR) is 80.9 cm³/mol. The first-order chi connectivity index (χ1) is 9.72. The Balaban J connectivity index is 1.94. The second kappa shape index (κ2) is 7.29. The molecule has 110 valence electrons. The maximum Gasteiger partial charge on any atom is 0.224 e. The molecule has 0 heterocycles. The molecule has 1 amide bonds. The van der Waals surface area contributed by atoms with Crippen LogP contribution in [0.25, 0.3) is 0 Å². The summed E-state index contributed by atoms with van der Waals surface area (Å²) in [6, 6.07) is 8.47. The van der Waals surface area contributed by atoms with Gasteiger partial charge in [0.15, 0.2) is 0 Å². The Bertz CT molecular complexity index is 431. The highest BCUT2D eigenvalue weighted by Crippen LogP contribution is 2.24. The number of carbonyl (C=O) groups excluding carboxylic acids is 1. The average molecular weight is 276 g/mol. The summed E-state index contributed by atoms with van der Waals surface area (Å²) in [6.45, 7) is 0. The van der Waals surface area contributed by atoms with Crippen LogP contribution in [0.15, 0.2) is 24.3 Å². The van der Waals surface area contributed by atoms with E-state index in [9.17, 15) is 4.79 Å². The number of ether oxygens (including phenoxy) is 1. The number of amides is 1. The quantitative estimate of drug-likeness (QED) is 0.868. The summed E-state index contributed by atoms with van der Waals surface area (Å²) in [5.74, 6) is 0.0393. The minimum atomic E-state index is 0.0393. The Morgan fingerprint density at radius 1 is 1.25 bits per heavy atom. The average Bonchev–Trinajstić information content (AvgIpc) is 2.49. The van der Waals surface area contributed by atoms with E-state index in [1.54, 1.807) is 14.2 Å². The van der Waals surface area contributed by atoms with E-state index in [0.717, 1.165) is 24.1 Å². The lowest BCUT2D eigenvalue weighted by molar-refractivity contribution is -0.119. The van der Waals surface area contributed by atoms with Crippen LogP contribution in [0.4, 0.5) is 5.69 Å². The molecule has 0 aliphatic heterocycles. The monoisotopic (exact) mass is 276 g/mol. The summed E-state index contributed by atoms with van der Waals surface area (Å²) in [5.41, 5.74) is 2.13. The number of likely N-dealkylation sites (N-methyl/N-ethyl adjacent to an activating group) is 1. The molecule has 0 radical (unpaired) electrons. The molecular formula is C16H24N2O2. The second-order valence-corrected chi connectivity index (χ2v) is 5.36. The van der Waals surface area contributed by atoms with Gasteiger partial charge in [0.2, 0.25) is 5.91 Å². The molecule has 1 saturated carbocycles. The van der Waals surface area contributed by atoms with Crippen LogP contribution in [0.1, 0.15) is 31.2 Å². The number of rotatable bonds is 5. The number of anilines is 1. The molecule has 0 saturated heterocycles. The van der Waals surface area contributed by atoms with Gasteiger partial charge in [-0.05, 0) is 30.5 Å². The van der Waals surface area contributed by atoms with Gasteiger partial charge in [-0.3, -0.25) is 4.79 Å². The van der Waals surface area contributed by atoms with Gasteiger partial charge in [-0.15, -0.1) is 0 Å². The first kappa shape index (κ1) is 14.9. The first-order valence-electron chi connectivity index (χ1n) is 7.32. The SMILES string of the molecule is CNC(=O)Cc1ccc(NC2CCCCC2OC)cc1. The molecule has 0 bridgehead atoms. The van der Waals surface area contributed by atoms with Crippen molar-refractivity contribution < 1.29 is 9.53 Å². The molecule has 4 nitrogen and oxygen atoms in total. The minimum absolute atomic E-state index is 0.0393. The van der Waals surface area contributed by atoms with Gasteiger partial charge in [-0.1, -0.05) is 25.0 Å². The first-order valence-corrected chi connectivity index (χ1v) is 7.32. The molecule has 1 aliphatic carbocycles. The Labute approximate surface area is 120 Å². The Kier molecular flexibility index (Phi) is 5.41. The van der Waals surface area contributed by atoms with Crippen molar-refractivity contribution >= 4 is 11.6 Å². The number of nitrogens with one attached hydrogen (secondary N) is 2. The summed E-state index contributed by atoms with van der Waals surface area (Å²) in [6.07, 6.45) is 5.52. The fraction of sp³-hybridized carbons (Fsp3) is 0.562. The van der Waals surface area contributed by atoms with Gasteiger partial charge < -0.3 is 15.4 Å². The normalized spacial score (nSPS) is 22.3. The summed E-state index contributed by atoms with van der Waals surface area (Å²) in [5, 5.41) is 6.19. The van der Waals surface area contributed by atoms with E-state index in [1.807, 2.05) is 24.3 Å². The van der Waals surface area contributed by atoms with Crippen LogP contribution in [0.3, 0.4) is 0 Å². The van der Waals surface area contributed by atoms with Gasteiger partial charge in [-0.25, -0.2) is 0 Å². The maximum absolute atomic E-state index is 11.3. The zero-order valence-electron chi connectivity index (χ0n) is 12.3. The van der Waals surface area contributed by atoms with E-state index in [-0.39, 0.29) is 5.91 Å². The lowest BCUT2D eigenvalue weighted by Gasteiger charge is -2.31. The Morgan fingerprint density at radius 2 is 1.95 bits per heavy atom.